The van der Waals surface area contributed by atoms with Gasteiger partial charge >= 0.3 is 28.6 Å². The van der Waals surface area contributed by atoms with Crippen LogP contribution in [0.15, 0.2) is 0 Å². The molecule has 0 saturated carbocycles. The van der Waals surface area contributed by atoms with Crippen molar-refractivity contribution in [2.45, 2.75) is 56.8 Å². The number of carbonyl (C=O) groups is 4. The van der Waals surface area contributed by atoms with Crippen LogP contribution in [0.25, 0.3) is 0 Å². The van der Waals surface area contributed by atoms with Crippen molar-refractivity contribution in [3.63, 3.8) is 0 Å². The minimum atomic E-state index is -2.06. The molecule has 5 atom stereocenters. The number of hydrogen-bond donors (Lipinski definition) is 1. The van der Waals surface area contributed by atoms with Crippen LogP contribution in [0.5, 0.6) is 0 Å². The fourth-order valence-corrected chi connectivity index (χ4v) is 3.13. The molecule has 0 spiro atoms. The molecule has 1 heterocycles. The molecule has 0 unspecified atom stereocenters. The minimum absolute atomic E-state index is 0.670. The maximum absolute atomic E-state index is 11.5. The fourth-order valence-electron chi connectivity index (χ4n) is 2.31. The van der Waals surface area contributed by atoms with Gasteiger partial charge in [0, 0.05) is 27.7 Å². The lowest BCUT2D eigenvalue weighted by atomic mass is 9.98. The predicted octanol–water partition coefficient (Wildman–Crippen LogP) is -0.216. The van der Waals surface area contributed by atoms with E-state index in [0.717, 1.165) is 27.7 Å². The van der Waals surface area contributed by atoms with Gasteiger partial charge in [-0.05, 0) is 15.9 Å². The zero-order valence-corrected chi connectivity index (χ0v) is 15.6. The van der Waals surface area contributed by atoms with Crippen molar-refractivity contribution < 1.29 is 48.0 Å². The number of rotatable bonds is 5. The van der Waals surface area contributed by atoms with Crippen molar-refractivity contribution in [1.82, 2.24) is 0 Å². The molecule has 25 heavy (non-hydrogen) atoms. The van der Waals surface area contributed by atoms with Gasteiger partial charge in [0.2, 0.25) is 6.10 Å². The Hall–Kier alpha value is -1.72. The van der Waals surface area contributed by atoms with E-state index in [-0.39, 0.29) is 0 Å². The third kappa shape index (κ3) is 5.65. The highest BCUT2D eigenvalue weighted by molar-refractivity contribution is 9.10. The molecule has 1 saturated heterocycles. The SMILES string of the molecule is CC(=O)O[C@@H]1[C@H](OC(C)=O)[C@@H](OC(C)=O)[C@](Br)(OC(C)=O)O[C@@H]1CO. The quantitative estimate of drug-likeness (QED) is 0.357. The summed E-state index contributed by atoms with van der Waals surface area (Å²) in [7, 11) is 0. The number of esters is 4. The Morgan fingerprint density at radius 3 is 1.80 bits per heavy atom. The number of halogens is 1. The maximum atomic E-state index is 11.5. The lowest BCUT2D eigenvalue weighted by Gasteiger charge is -2.47. The molecule has 10 nitrogen and oxygen atoms in total. The lowest BCUT2D eigenvalue weighted by molar-refractivity contribution is -0.312. The van der Waals surface area contributed by atoms with Gasteiger partial charge in [0.1, 0.15) is 6.10 Å². The van der Waals surface area contributed by atoms with Gasteiger partial charge in [0.25, 0.3) is 0 Å². The molecule has 1 aliphatic heterocycles. The Morgan fingerprint density at radius 1 is 0.920 bits per heavy atom. The molecule has 1 N–H and O–H groups in total. The monoisotopic (exact) mass is 426 g/mol. The second-order valence-electron chi connectivity index (χ2n) is 5.19. The maximum Gasteiger partial charge on any atom is 0.312 e. The number of carbonyl (C=O) groups excluding carboxylic acids is 4. The summed E-state index contributed by atoms with van der Waals surface area (Å²) in [5, 5.41) is 9.53. The molecule has 142 valence electrons. The Bertz CT molecular complexity index is 550. The molecule has 1 aliphatic rings. The summed E-state index contributed by atoms with van der Waals surface area (Å²) in [4.78, 5) is 45.7. The van der Waals surface area contributed by atoms with Crippen LogP contribution in [0, 0.1) is 0 Å². The number of ether oxygens (including phenoxy) is 5. The second kappa shape index (κ2) is 8.59. The third-order valence-corrected chi connectivity index (χ3v) is 3.80. The molecular weight excluding hydrogens is 408 g/mol. The molecular formula is C14H19BrO10. The van der Waals surface area contributed by atoms with Gasteiger partial charge in [-0.15, -0.1) is 0 Å². The average Bonchev–Trinajstić information content (AvgIpc) is 2.43. The first-order valence-electron chi connectivity index (χ1n) is 7.19. The van der Waals surface area contributed by atoms with Crippen LogP contribution < -0.4 is 0 Å². The number of aliphatic hydroxyl groups excluding tert-OH is 1. The van der Waals surface area contributed by atoms with E-state index in [4.69, 9.17) is 23.7 Å². The van der Waals surface area contributed by atoms with Crippen LogP contribution in [-0.4, -0.2) is 64.7 Å². The highest BCUT2D eigenvalue weighted by Crippen LogP contribution is 2.40. The molecule has 0 amide bonds. The van der Waals surface area contributed by atoms with E-state index in [0.29, 0.717) is 0 Å². The Labute approximate surface area is 151 Å². The number of hydrogen-bond acceptors (Lipinski definition) is 10. The van der Waals surface area contributed by atoms with Crippen molar-refractivity contribution in [2.24, 2.45) is 0 Å². The lowest BCUT2D eigenvalue weighted by Crippen LogP contribution is -2.66. The van der Waals surface area contributed by atoms with E-state index in [1.54, 1.807) is 0 Å². The van der Waals surface area contributed by atoms with Gasteiger partial charge in [0.15, 0.2) is 12.2 Å². The van der Waals surface area contributed by atoms with Gasteiger partial charge in [-0.25, -0.2) is 0 Å². The predicted molar refractivity (Wildman–Crippen MR) is 82.0 cm³/mol. The first-order chi connectivity index (χ1) is 11.5. The Kier molecular flexibility index (Phi) is 7.32. The summed E-state index contributed by atoms with van der Waals surface area (Å²) in [6.07, 6.45) is -5.46. The van der Waals surface area contributed by atoms with Gasteiger partial charge in [-0.2, -0.15) is 0 Å². The zero-order valence-electron chi connectivity index (χ0n) is 14.0. The summed E-state index contributed by atoms with van der Waals surface area (Å²) >= 11 is 3.01. The molecule has 0 aromatic heterocycles. The summed E-state index contributed by atoms with van der Waals surface area (Å²) in [6.45, 7) is 3.66. The van der Waals surface area contributed by atoms with Gasteiger partial charge < -0.3 is 28.8 Å². The molecule has 1 rings (SSSR count). The smallest absolute Gasteiger partial charge is 0.312 e. The van der Waals surface area contributed by atoms with Crippen molar-refractivity contribution in [3.8, 4) is 0 Å². The van der Waals surface area contributed by atoms with Crippen LogP contribution in [0.1, 0.15) is 27.7 Å². The normalized spacial score (nSPS) is 31.6. The first kappa shape index (κ1) is 21.3. The van der Waals surface area contributed by atoms with Gasteiger partial charge in [0.05, 0.1) is 6.61 Å². The third-order valence-electron chi connectivity index (χ3n) is 3.00. The van der Waals surface area contributed by atoms with E-state index >= 15 is 0 Å². The second-order valence-corrected chi connectivity index (χ2v) is 6.30. The van der Waals surface area contributed by atoms with Crippen molar-refractivity contribution in [1.29, 1.82) is 0 Å². The number of alkyl halides is 1. The molecule has 11 heteroatoms. The van der Waals surface area contributed by atoms with Crippen molar-refractivity contribution >= 4 is 39.8 Å². The van der Waals surface area contributed by atoms with Gasteiger partial charge in [-0.1, -0.05) is 0 Å². The molecule has 0 aromatic carbocycles. The standard InChI is InChI=1S/C14H19BrO10/c1-6(17)21-11-10(5-16)25-14(15,24-9(4)20)13(23-8(3)19)12(11)22-7(2)18/h10-13,16H,5H2,1-4H3/t10-,11+,12+,13-,14+/m1/s1. The zero-order chi connectivity index (χ0) is 19.4. The summed E-state index contributed by atoms with van der Waals surface area (Å²) in [6, 6.07) is 0. The van der Waals surface area contributed by atoms with Crippen molar-refractivity contribution in [3.05, 3.63) is 0 Å². The van der Waals surface area contributed by atoms with Crippen LogP contribution >= 0.6 is 15.9 Å². The van der Waals surface area contributed by atoms with E-state index in [1.165, 1.54) is 0 Å². The Morgan fingerprint density at radius 2 is 1.40 bits per heavy atom. The highest BCUT2D eigenvalue weighted by Gasteiger charge is 2.61. The van der Waals surface area contributed by atoms with E-state index in [9.17, 15) is 24.3 Å². The molecule has 0 aliphatic carbocycles. The van der Waals surface area contributed by atoms with Crippen LogP contribution in [0.3, 0.4) is 0 Å². The summed E-state index contributed by atoms with van der Waals surface area (Å²) in [5.74, 6) is -3.14. The number of aliphatic hydroxyl groups is 1. The molecule has 0 bridgehead atoms. The van der Waals surface area contributed by atoms with E-state index in [1.807, 2.05) is 0 Å². The summed E-state index contributed by atoms with van der Waals surface area (Å²) < 4.78 is 23.7. The molecule has 0 aromatic rings. The van der Waals surface area contributed by atoms with Crippen LogP contribution in [0.4, 0.5) is 0 Å². The Balaban J connectivity index is 3.38. The summed E-state index contributed by atoms with van der Waals surface area (Å²) in [5.41, 5.74) is 0. The van der Waals surface area contributed by atoms with E-state index in [2.05, 4.69) is 15.9 Å². The highest BCUT2D eigenvalue weighted by atomic mass is 79.9. The molecule has 0 radical (unpaired) electrons. The van der Waals surface area contributed by atoms with Crippen LogP contribution in [-0.2, 0) is 42.9 Å². The molecule has 1 fully saturated rings. The van der Waals surface area contributed by atoms with Crippen LogP contribution in [0.2, 0.25) is 0 Å². The van der Waals surface area contributed by atoms with E-state index < -0.39 is 59.6 Å². The van der Waals surface area contributed by atoms with Crippen molar-refractivity contribution in [2.75, 3.05) is 6.61 Å². The largest absolute Gasteiger partial charge is 0.456 e. The first-order valence-corrected chi connectivity index (χ1v) is 7.98. The topological polar surface area (TPSA) is 135 Å². The average molecular weight is 427 g/mol. The fraction of sp³-hybridized carbons (Fsp3) is 0.714. The minimum Gasteiger partial charge on any atom is -0.456 e. The van der Waals surface area contributed by atoms with Gasteiger partial charge in [-0.3, -0.25) is 19.2 Å².